The van der Waals surface area contributed by atoms with Crippen LogP contribution in [0.15, 0.2) is 54.6 Å². The van der Waals surface area contributed by atoms with Gasteiger partial charge in [0.05, 0.1) is 26.4 Å². The third-order valence-corrected chi connectivity index (χ3v) is 5.06. The predicted octanol–water partition coefficient (Wildman–Crippen LogP) is 1.97. The van der Waals surface area contributed by atoms with Crippen LogP contribution in [0, 0.1) is 0 Å². The van der Waals surface area contributed by atoms with Crippen molar-refractivity contribution in [3.8, 4) is 11.5 Å². The van der Waals surface area contributed by atoms with Gasteiger partial charge in [-0.15, -0.1) is 0 Å². The summed E-state index contributed by atoms with van der Waals surface area (Å²) in [6.45, 7) is 0.354. The first-order valence-corrected chi connectivity index (χ1v) is 9.94. The lowest BCUT2D eigenvalue weighted by molar-refractivity contribution is -0.124. The first-order valence-electron chi connectivity index (χ1n) is 9.94. The highest BCUT2D eigenvalue weighted by molar-refractivity contribution is 5.84. The van der Waals surface area contributed by atoms with Crippen LogP contribution in [-0.4, -0.2) is 63.3 Å². The van der Waals surface area contributed by atoms with Crippen molar-refractivity contribution in [3.63, 3.8) is 0 Å². The molecule has 2 amide bonds. The second-order valence-electron chi connectivity index (χ2n) is 7.17. The van der Waals surface area contributed by atoms with Gasteiger partial charge in [0, 0.05) is 5.69 Å². The summed E-state index contributed by atoms with van der Waals surface area (Å²) in [6, 6.07) is 15.7. The lowest BCUT2D eigenvalue weighted by atomic mass is 10.1. The molecule has 4 atom stereocenters. The van der Waals surface area contributed by atoms with E-state index in [4.69, 9.17) is 23.7 Å². The maximum atomic E-state index is 12.2. The number of amides is 2. The second-order valence-corrected chi connectivity index (χ2v) is 7.17. The average molecular weight is 428 g/mol. The zero-order valence-electron chi connectivity index (χ0n) is 17.0. The predicted molar refractivity (Wildman–Crippen MR) is 110 cm³/mol. The van der Waals surface area contributed by atoms with Crippen LogP contribution in [0.4, 0.5) is 10.5 Å². The molecule has 0 aromatic heterocycles. The first kappa shape index (κ1) is 21.0. The van der Waals surface area contributed by atoms with E-state index in [-0.39, 0.29) is 37.9 Å². The highest BCUT2D eigenvalue weighted by Gasteiger charge is 2.50. The largest absolute Gasteiger partial charge is 0.497 e. The summed E-state index contributed by atoms with van der Waals surface area (Å²) in [7, 11) is 1.57. The van der Waals surface area contributed by atoms with Gasteiger partial charge >= 0.3 is 6.09 Å². The number of nitrogens with one attached hydrogen (secondary N) is 2. The van der Waals surface area contributed by atoms with Crippen molar-refractivity contribution in [1.82, 2.24) is 5.32 Å². The lowest BCUT2D eigenvalue weighted by Gasteiger charge is -2.18. The van der Waals surface area contributed by atoms with Gasteiger partial charge in [-0.05, 0) is 36.4 Å². The molecule has 2 fully saturated rings. The molecule has 2 saturated heterocycles. The van der Waals surface area contributed by atoms with Crippen molar-refractivity contribution >= 4 is 17.7 Å². The standard InChI is InChI=1S/C22H24N2O7/c1-27-15-9-7-14(8-10-15)23-22(26)31-18-12-30-20-17(11-29-21(18)20)24-19(25)13-28-16-5-3-2-4-6-16/h2-10,17-18,20-21H,11-13H2,1H3,(H,23,26)(H,24,25)/t17-,18-,20-,21+/m0/s1. The Kier molecular flexibility index (Phi) is 6.54. The van der Waals surface area contributed by atoms with Crippen LogP contribution in [0.2, 0.25) is 0 Å². The fourth-order valence-electron chi connectivity index (χ4n) is 3.56. The van der Waals surface area contributed by atoms with E-state index >= 15 is 0 Å². The fourth-order valence-corrected chi connectivity index (χ4v) is 3.56. The fraction of sp³-hybridized carbons (Fsp3) is 0.364. The van der Waals surface area contributed by atoms with Crippen molar-refractivity contribution in [1.29, 1.82) is 0 Å². The van der Waals surface area contributed by atoms with Gasteiger partial charge in [-0.25, -0.2) is 4.79 Å². The highest BCUT2D eigenvalue weighted by Crippen LogP contribution is 2.29. The van der Waals surface area contributed by atoms with Crippen LogP contribution in [0.3, 0.4) is 0 Å². The minimum atomic E-state index is -0.605. The number of hydrogen-bond acceptors (Lipinski definition) is 7. The zero-order chi connectivity index (χ0) is 21.6. The molecular formula is C22H24N2O7. The number of rotatable bonds is 7. The van der Waals surface area contributed by atoms with Gasteiger partial charge in [0.25, 0.3) is 5.91 Å². The SMILES string of the molecule is COc1ccc(NC(=O)O[C@H]2CO[C@@H]3[C@@H]2OC[C@@H]3NC(=O)COc2ccccc2)cc1. The van der Waals surface area contributed by atoms with E-state index in [1.54, 1.807) is 43.5 Å². The summed E-state index contributed by atoms with van der Waals surface area (Å²) in [5.41, 5.74) is 0.581. The van der Waals surface area contributed by atoms with Crippen molar-refractivity contribution in [3.05, 3.63) is 54.6 Å². The smallest absolute Gasteiger partial charge is 0.412 e. The Labute approximate surface area is 179 Å². The van der Waals surface area contributed by atoms with Crippen molar-refractivity contribution in [2.75, 3.05) is 32.2 Å². The van der Waals surface area contributed by atoms with Gasteiger partial charge in [0.2, 0.25) is 0 Å². The van der Waals surface area contributed by atoms with Gasteiger partial charge in [-0.1, -0.05) is 18.2 Å². The van der Waals surface area contributed by atoms with E-state index in [0.29, 0.717) is 17.2 Å². The quantitative estimate of drug-likeness (QED) is 0.695. The average Bonchev–Trinajstić information content (AvgIpc) is 3.37. The molecule has 9 nitrogen and oxygen atoms in total. The number of benzene rings is 2. The molecule has 2 aromatic rings. The number of carbonyl (C=O) groups is 2. The van der Waals surface area contributed by atoms with Crippen LogP contribution in [0.25, 0.3) is 0 Å². The molecule has 2 N–H and O–H groups in total. The van der Waals surface area contributed by atoms with Crippen LogP contribution < -0.4 is 20.1 Å². The number of carbonyl (C=O) groups excluding carboxylic acids is 2. The molecule has 31 heavy (non-hydrogen) atoms. The minimum Gasteiger partial charge on any atom is -0.497 e. The molecule has 0 spiro atoms. The number of hydrogen-bond donors (Lipinski definition) is 2. The molecule has 0 unspecified atom stereocenters. The third kappa shape index (κ3) is 5.25. The Morgan fingerprint density at radius 2 is 1.71 bits per heavy atom. The molecule has 9 heteroatoms. The normalized spacial score (nSPS) is 24.2. The van der Waals surface area contributed by atoms with E-state index < -0.39 is 18.3 Å². The third-order valence-electron chi connectivity index (χ3n) is 5.06. The Balaban J connectivity index is 1.23. The molecule has 0 aliphatic carbocycles. The van der Waals surface area contributed by atoms with E-state index in [1.165, 1.54) is 0 Å². The Bertz CT molecular complexity index is 890. The van der Waals surface area contributed by atoms with Crippen molar-refractivity contribution < 1.29 is 33.3 Å². The molecule has 0 bridgehead atoms. The summed E-state index contributed by atoms with van der Waals surface area (Å²) in [4.78, 5) is 24.4. The summed E-state index contributed by atoms with van der Waals surface area (Å²) < 4.78 is 27.5. The molecule has 2 heterocycles. The number of anilines is 1. The summed E-state index contributed by atoms with van der Waals surface area (Å²) in [5, 5.41) is 5.52. The Morgan fingerprint density at radius 3 is 2.45 bits per heavy atom. The highest BCUT2D eigenvalue weighted by atomic mass is 16.6. The van der Waals surface area contributed by atoms with Crippen LogP contribution in [0.5, 0.6) is 11.5 Å². The van der Waals surface area contributed by atoms with Crippen LogP contribution in [0.1, 0.15) is 0 Å². The van der Waals surface area contributed by atoms with Crippen molar-refractivity contribution in [2.24, 2.45) is 0 Å². The van der Waals surface area contributed by atoms with Gasteiger partial charge < -0.3 is 29.0 Å². The van der Waals surface area contributed by atoms with Crippen molar-refractivity contribution in [2.45, 2.75) is 24.4 Å². The Morgan fingerprint density at radius 1 is 0.968 bits per heavy atom. The maximum absolute atomic E-state index is 12.2. The molecule has 164 valence electrons. The van der Waals surface area contributed by atoms with E-state index in [9.17, 15) is 9.59 Å². The monoisotopic (exact) mass is 428 g/mol. The summed E-state index contributed by atoms with van der Waals surface area (Å²) in [5.74, 6) is 1.03. The molecule has 0 radical (unpaired) electrons. The first-order chi connectivity index (χ1) is 15.1. The van der Waals surface area contributed by atoms with Gasteiger partial charge in [0.15, 0.2) is 12.7 Å². The lowest BCUT2D eigenvalue weighted by Crippen LogP contribution is -2.46. The number of fused-ring (bicyclic) bond motifs is 1. The second kappa shape index (κ2) is 9.67. The molecular weight excluding hydrogens is 404 g/mol. The molecule has 4 rings (SSSR count). The van der Waals surface area contributed by atoms with E-state index in [2.05, 4.69) is 10.6 Å². The van der Waals surface area contributed by atoms with Gasteiger partial charge in [-0.2, -0.15) is 0 Å². The minimum absolute atomic E-state index is 0.109. The summed E-state index contributed by atoms with van der Waals surface area (Å²) >= 11 is 0. The van der Waals surface area contributed by atoms with E-state index in [1.807, 2.05) is 18.2 Å². The van der Waals surface area contributed by atoms with E-state index in [0.717, 1.165) is 0 Å². The molecule has 2 aromatic carbocycles. The summed E-state index contributed by atoms with van der Waals surface area (Å²) in [6.07, 6.45) is -2.00. The van der Waals surface area contributed by atoms with Crippen LogP contribution in [-0.2, 0) is 19.0 Å². The van der Waals surface area contributed by atoms with Crippen LogP contribution >= 0.6 is 0 Å². The number of para-hydroxylation sites is 1. The number of methoxy groups -OCH3 is 1. The molecule has 2 aliphatic heterocycles. The Hall–Kier alpha value is -3.30. The van der Waals surface area contributed by atoms with Gasteiger partial charge in [0.1, 0.15) is 23.7 Å². The van der Waals surface area contributed by atoms with Gasteiger partial charge in [-0.3, -0.25) is 10.1 Å². The topological polar surface area (TPSA) is 104 Å². The zero-order valence-corrected chi connectivity index (χ0v) is 17.0. The molecule has 2 aliphatic rings. The molecule has 0 saturated carbocycles. The maximum Gasteiger partial charge on any atom is 0.412 e. The number of ether oxygens (including phenoxy) is 5.